The molecule has 6 rings (SSSR count). The molecule has 37 heavy (non-hydrogen) atoms. The smallest absolute Gasteiger partial charge is 0.126 e. The van der Waals surface area contributed by atoms with Gasteiger partial charge in [-0.25, -0.2) is 0 Å². The molecule has 2 heterocycles. The summed E-state index contributed by atoms with van der Waals surface area (Å²) in [7, 11) is 0. The van der Waals surface area contributed by atoms with Crippen LogP contribution in [-0.2, 0) is 0 Å². The average Bonchev–Trinajstić information content (AvgIpc) is 2.97. The van der Waals surface area contributed by atoms with Crippen molar-refractivity contribution >= 4 is 29.0 Å². The van der Waals surface area contributed by atoms with Crippen molar-refractivity contribution in [1.29, 1.82) is 0 Å². The molecule has 0 N–H and O–H groups in total. The molecule has 182 valence electrons. The number of para-hydroxylation sites is 2. The minimum atomic E-state index is 0.688. The Kier molecular flexibility index (Phi) is 6.59. The van der Waals surface area contributed by atoms with Gasteiger partial charge in [-0.1, -0.05) is 91.0 Å². The standard InChI is InChI=1S/C34H29NO2/c1-2-8-26(9-3-1)14-15-27-16-18-30(19-17-27)35(24-28-20-22-36-33-12-6-4-10-31(28)33)25-29-21-23-37-34-13-7-5-11-32(29)34/h1-19,24-25H,20-23H2. The molecule has 3 nitrogen and oxygen atoms in total. The summed E-state index contributed by atoms with van der Waals surface area (Å²) >= 11 is 0. The van der Waals surface area contributed by atoms with Gasteiger partial charge in [0.2, 0.25) is 0 Å². The Morgan fingerprint density at radius 3 is 1.57 bits per heavy atom. The highest BCUT2D eigenvalue weighted by atomic mass is 16.5. The topological polar surface area (TPSA) is 21.7 Å². The number of rotatable bonds is 5. The molecule has 0 bridgehead atoms. The summed E-state index contributed by atoms with van der Waals surface area (Å²) in [5.74, 6) is 1.90. The summed E-state index contributed by atoms with van der Waals surface area (Å²) in [4.78, 5) is 2.26. The van der Waals surface area contributed by atoms with Crippen LogP contribution >= 0.6 is 0 Å². The minimum Gasteiger partial charge on any atom is -0.493 e. The van der Waals surface area contributed by atoms with Gasteiger partial charge in [-0.15, -0.1) is 0 Å². The number of anilines is 1. The van der Waals surface area contributed by atoms with Crippen LogP contribution in [0.4, 0.5) is 5.69 Å². The first-order chi connectivity index (χ1) is 18.3. The maximum Gasteiger partial charge on any atom is 0.126 e. The lowest BCUT2D eigenvalue weighted by molar-refractivity contribution is 0.316. The third kappa shape index (κ3) is 5.22. The fourth-order valence-electron chi connectivity index (χ4n) is 4.83. The van der Waals surface area contributed by atoms with E-state index in [2.05, 4.69) is 102 Å². The Morgan fingerprint density at radius 1 is 0.514 bits per heavy atom. The molecular weight excluding hydrogens is 454 g/mol. The zero-order valence-corrected chi connectivity index (χ0v) is 20.7. The first-order valence-electron chi connectivity index (χ1n) is 12.8. The van der Waals surface area contributed by atoms with E-state index in [1.165, 1.54) is 22.3 Å². The second kappa shape index (κ2) is 10.6. The fourth-order valence-corrected chi connectivity index (χ4v) is 4.83. The van der Waals surface area contributed by atoms with Crippen molar-refractivity contribution in [3.8, 4) is 11.5 Å². The van der Waals surface area contributed by atoms with Gasteiger partial charge in [-0.05, 0) is 46.5 Å². The van der Waals surface area contributed by atoms with Crippen molar-refractivity contribution in [2.24, 2.45) is 0 Å². The normalized spacial score (nSPS) is 16.6. The molecule has 3 heteroatoms. The Hall–Kier alpha value is -4.50. The summed E-state index contributed by atoms with van der Waals surface area (Å²) in [5.41, 5.74) is 8.34. The van der Waals surface area contributed by atoms with E-state index in [9.17, 15) is 0 Å². The third-order valence-corrected chi connectivity index (χ3v) is 6.77. The predicted octanol–water partition coefficient (Wildman–Crippen LogP) is 8.31. The highest BCUT2D eigenvalue weighted by molar-refractivity contribution is 5.79. The maximum absolute atomic E-state index is 5.92. The highest BCUT2D eigenvalue weighted by Gasteiger charge is 2.18. The van der Waals surface area contributed by atoms with Crippen molar-refractivity contribution in [3.63, 3.8) is 0 Å². The zero-order valence-electron chi connectivity index (χ0n) is 20.7. The van der Waals surface area contributed by atoms with Crippen LogP contribution in [-0.4, -0.2) is 13.2 Å². The van der Waals surface area contributed by atoms with Gasteiger partial charge in [0.05, 0.1) is 13.2 Å². The van der Waals surface area contributed by atoms with E-state index in [-0.39, 0.29) is 0 Å². The van der Waals surface area contributed by atoms with Crippen molar-refractivity contribution in [2.75, 3.05) is 18.1 Å². The van der Waals surface area contributed by atoms with Crippen molar-refractivity contribution < 1.29 is 9.47 Å². The van der Waals surface area contributed by atoms with E-state index in [0.717, 1.165) is 41.2 Å². The number of benzene rings is 4. The van der Waals surface area contributed by atoms with Gasteiger partial charge in [0.25, 0.3) is 0 Å². The van der Waals surface area contributed by atoms with Crippen LogP contribution in [0, 0.1) is 0 Å². The summed E-state index contributed by atoms with van der Waals surface area (Å²) in [6.45, 7) is 1.38. The molecule has 0 fully saturated rings. The lowest BCUT2D eigenvalue weighted by atomic mass is 9.99. The van der Waals surface area contributed by atoms with Crippen LogP contribution in [0.5, 0.6) is 11.5 Å². The Balaban J connectivity index is 1.37. The van der Waals surface area contributed by atoms with Gasteiger partial charge < -0.3 is 14.4 Å². The lowest BCUT2D eigenvalue weighted by Gasteiger charge is -2.26. The van der Waals surface area contributed by atoms with Crippen LogP contribution in [0.25, 0.3) is 23.3 Å². The molecule has 0 radical (unpaired) electrons. The minimum absolute atomic E-state index is 0.688. The Labute approximate surface area is 218 Å². The monoisotopic (exact) mass is 483 g/mol. The Bertz CT molecular complexity index is 1400. The van der Waals surface area contributed by atoms with E-state index in [1.54, 1.807) is 0 Å². The highest BCUT2D eigenvalue weighted by Crippen LogP contribution is 2.36. The summed E-state index contributed by atoms with van der Waals surface area (Å²) in [6, 6.07) is 35.7. The van der Waals surface area contributed by atoms with E-state index < -0.39 is 0 Å². The average molecular weight is 484 g/mol. The molecule has 0 aliphatic carbocycles. The van der Waals surface area contributed by atoms with Crippen molar-refractivity contribution in [3.05, 3.63) is 138 Å². The molecule has 4 aromatic carbocycles. The summed E-state index contributed by atoms with van der Waals surface area (Å²) in [6.07, 6.45) is 10.6. The van der Waals surface area contributed by atoms with Gasteiger partial charge in [-0.3, -0.25) is 0 Å². The number of hydrogen-bond acceptors (Lipinski definition) is 3. The number of fused-ring (bicyclic) bond motifs is 2. The fraction of sp³-hybridized carbons (Fsp3) is 0.118. The first-order valence-corrected chi connectivity index (χ1v) is 12.8. The number of hydrogen-bond donors (Lipinski definition) is 0. The first kappa shape index (κ1) is 22.9. The molecule has 0 atom stereocenters. The van der Waals surface area contributed by atoms with Crippen LogP contribution in [0.1, 0.15) is 35.1 Å². The van der Waals surface area contributed by atoms with Gasteiger partial charge in [-0.2, -0.15) is 0 Å². The molecule has 4 aromatic rings. The van der Waals surface area contributed by atoms with Crippen LogP contribution in [0.3, 0.4) is 0 Å². The van der Waals surface area contributed by atoms with Gasteiger partial charge in [0.15, 0.2) is 0 Å². The van der Waals surface area contributed by atoms with Crippen molar-refractivity contribution in [2.45, 2.75) is 12.8 Å². The molecule has 0 saturated heterocycles. The molecule has 2 aliphatic rings. The molecule has 0 aromatic heterocycles. The predicted molar refractivity (Wildman–Crippen MR) is 153 cm³/mol. The van der Waals surface area contributed by atoms with Crippen LogP contribution in [0.15, 0.2) is 116 Å². The van der Waals surface area contributed by atoms with E-state index >= 15 is 0 Å². The molecule has 0 saturated carbocycles. The third-order valence-electron chi connectivity index (χ3n) is 6.77. The molecule has 0 unspecified atom stereocenters. The maximum atomic E-state index is 5.92. The van der Waals surface area contributed by atoms with Crippen molar-refractivity contribution in [1.82, 2.24) is 0 Å². The van der Waals surface area contributed by atoms with Gasteiger partial charge in [0, 0.05) is 42.1 Å². The molecule has 0 spiro atoms. The van der Waals surface area contributed by atoms with Gasteiger partial charge >= 0.3 is 0 Å². The van der Waals surface area contributed by atoms with Gasteiger partial charge in [0.1, 0.15) is 11.5 Å². The van der Waals surface area contributed by atoms with E-state index in [4.69, 9.17) is 9.47 Å². The molecule has 2 aliphatic heterocycles. The van der Waals surface area contributed by atoms with Crippen LogP contribution < -0.4 is 14.4 Å². The number of nitrogens with zero attached hydrogens (tertiary/aromatic N) is 1. The van der Waals surface area contributed by atoms with Crippen LogP contribution in [0.2, 0.25) is 0 Å². The SMILES string of the molecule is C(=Cc1ccc(N(C=C2CCOc3ccccc32)C=C2CCOc3ccccc32)cc1)c1ccccc1. The molecule has 0 amide bonds. The molecular formula is C34H29NO2. The second-order valence-corrected chi connectivity index (χ2v) is 9.24. The largest absolute Gasteiger partial charge is 0.493 e. The summed E-state index contributed by atoms with van der Waals surface area (Å²) < 4.78 is 11.8. The van der Waals surface area contributed by atoms with E-state index in [1.807, 2.05) is 30.3 Å². The number of ether oxygens (including phenoxy) is 2. The quantitative estimate of drug-likeness (QED) is 0.266. The summed E-state index contributed by atoms with van der Waals surface area (Å²) in [5, 5.41) is 0. The van der Waals surface area contributed by atoms with E-state index in [0.29, 0.717) is 13.2 Å². The Morgan fingerprint density at radius 2 is 1.00 bits per heavy atom. The zero-order chi connectivity index (χ0) is 24.9. The second-order valence-electron chi connectivity index (χ2n) is 9.24. The lowest BCUT2D eigenvalue weighted by Crippen LogP contribution is -2.15.